The van der Waals surface area contributed by atoms with E-state index >= 15 is 0 Å². The van der Waals surface area contributed by atoms with E-state index in [9.17, 15) is 0 Å². The van der Waals surface area contributed by atoms with Crippen LogP contribution in [0.3, 0.4) is 0 Å². The molecule has 0 aromatic rings. The van der Waals surface area contributed by atoms with Gasteiger partial charge in [0.1, 0.15) is 0 Å². The van der Waals surface area contributed by atoms with Gasteiger partial charge in [-0.2, -0.15) is 0 Å². The Hall–Kier alpha value is 0.0300. The Morgan fingerprint density at radius 2 is 2.57 bits per heavy atom. The zero-order chi connectivity index (χ0) is 5.11. The summed E-state index contributed by atoms with van der Waals surface area (Å²) in [5.74, 6) is 0.719. The summed E-state index contributed by atoms with van der Waals surface area (Å²) >= 11 is 5.52. The van der Waals surface area contributed by atoms with Crippen LogP contribution < -0.4 is 0 Å². The molecule has 0 nitrogen and oxygen atoms in total. The van der Waals surface area contributed by atoms with Crippen LogP contribution in [0.4, 0.5) is 0 Å². The maximum atomic E-state index is 5.52. The number of rotatable bonds is 1. The lowest BCUT2D eigenvalue weighted by Crippen LogP contribution is -1.74. The summed E-state index contributed by atoms with van der Waals surface area (Å²) in [4.78, 5) is 0. The van der Waals surface area contributed by atoms with Gasteiger partial charge in [0, 0.05) is 5.88 Å². The van der Waals surface area contributed by atoms with E-state index in [4.69, 9.17) is 11.6 Å². The van der Waals surface area contributed by atoms with E-state index < -0.39 is 0 Å². The lowest BCUT2D eigenvalue weighted by Gasteiger charge is -1.86. The molecule has 0 unspecified atom stereocenters. The average molecular weight is 116 g/mol. The van der Waals surface area contributed by atoms with Crippen molar-refractivity contribution in [3.8, 4) is 0 Å². The molecule has 0 amide bonds. The molecule has 0 N–H and O–H groups in total. The topological polar surface area (TPSA) is 0 Å². The predicted octanol–water partition coefficient (Wildman–Crippen LogP) is 2.15. The Bertz CT molecular complexity index is 84.2. The monoisotopic (exact) mass is 115 g/mol. The molecule has 7 heavy (non-hydrogen) atoms. The highest BCUT2D eigenvalue weighted by atomic mass is 35.5. The first-order chi connectivity index (χ1) is 3.43. The number of hydrogen-bond acceptors (Lipinski definition) is 0. The highest BCUT2D eigenvalue weighted by Crippen LogP contribution is 2.16. The predicted molar refractivity (Wildman–Crippen MR) is 32.3 cm³/mol. The van der Waals surface area contributed by atoms with Gasteiger partial charge in [-0.15, -0.1) is 11.6 Å². The van der Waals surface area contributed by atoms with Crippen LogP contribution in [-0.4, -0.2) is 5.88 Å². The maximum Gasteiger partial charge on any atom is 0.0433 e. The molecule has 1 heteroatoms. The summed E-state index contributed by atoms with van der Waals surface area (Å²) in [5.41, 5.74) is 1.38. The van der Waals surface area contributed by atoms with Crippen molar-refractivity contribution < 1.29 is 0 Å². The minimum Gasteiger partial charge on any atom is -0.122 e. The summed E-state index contributed by atoms with van der Waals surface area (Å²) < 4.78 is 0. The molecule has 1 aliphatic rings. The van der Waals surface area contributed by atoms with Gasteiger partial charge in [0.15, 0.2) is 0 Å². The molecule has 0 aliphatic heterocycles. The molecule has 0 aromatic carbocycles. The highest BCUT2D eigenvalue weighted by Gasteiger charge is 2.00. The van der Waals surface area contributed by atoms with Crippen LogP contribution in [0.25, 0.3) is 0 Å². The fourth-order valence-electron chi connectivity index (χ4n) is 0.711. The fourth-order valence-corrected chi connectivity index (χ4v) is 0.929. The van der Waals surface area contributed by atoms with Crippen LogP contribution in [0, 0.1) is 6.42 Å². The van der Waals surface area contributed by atoms with Gasteiger partial charge in [-0.25, -0.2) is 0 Å². The highest BCUT2D eigenvalue weighted by molar-refractivity contribution is 6.19. The summed E-state index contributed by atoms with van der Waals surface area (Å²) in [6.07, 6.45) is 6.66. The summed E-state index contributed by atoms with van der Waals surface area (Å²) in [7, 11) is 0. The van der Waals surface area contributed by atoms with Gasteiger partial charge < -0.3 is 0 Å². The second-order valence-electron chi connectivity index (χ2n) is 1.72. The van der Waals surface area contributed by atoms with Crippen molar-refractivity contribution in [3.63, 3.8) is 0 Å². The van der Waals surface area contributed by atoms with E-state index in [2.05, 4.69) is 12.5 Å². The molecule has 0 bridgehead atoms. The molecule has 39 valence electrons. The average Bonchev–Trinajstić information content (AvgIpc) is 2.14. The summed E-state index contributed by atoms with van der Waals surface area (Å²) in [6.45, 7) is 0. The molecule has 1 radical (unpaired) electrons. The van der Waals surface area contributed by atoms with Gasteiger partial charge in [-0.3, -0.25) is 0 Å². The molecule has 0 aromatic heterocycles. The number of hydrogen-bond donors (Lipinski definition) is 0. The van der Waals surface area contributed by atoms with E-state index in [0.29, 0.717) is 0 Å². The third-order valence-electron chi connectivity index (χ3n) is 1.15. The second kappa shape index (κ2) is 2.37. The van der Waals surface area contributed by atoms with Gasteiger partial charge in [-0.05, 0) is 19.3 Å². The minimum atomic E-state index is 0.719. The zero-order valence-corrected chi connectivity index (χ0v) is 4.91. The normalized spacial score (nSPS) is 19.9. The molecule has 0 heterocycles. The van der Waals surface area contributed by atoms with E-state index in [0.717, 1.165) is 18.7 Å². The Labute approximate surface area is 49.2 Å². The van der Waals surface area contributed by atoms with E-state index in [1.807, 2.05) is 0 Å². The molecular formula is C6H8Cl. The third-order valence-corrected chi connectivity index (χ3v) is 1.49. The van der Waals surface area contributed by atoms with Crippen molar-refractivity contribution in [1.82, 2.24) is 0 Å². The van der Waals surface area contributed by atoms with Crippen molar-refractivity contribution in [1.29, 1.82) is 0 Å². The Morgan fingerprint density at radius 1 is 1.71 bits per heavy atom. The van der Waals surface area contributed by atoms with Crippen molar-refractivity contribution >= 4 is 11.6 Å². The van der Waals surface area contributed by atoms with Gasteiger partial charge in [0.25, 0.3) is 0 Å². The summed E-state index contributed by atoms with van der Waals surface area (Å²) in [6, 6.07) is 0. The molecular weight excluding hydrogens is 108 g/mol. The van der Waals surface area contributed by atoms with Gasteiger partial charge in [0.2, 0.25) is 0 Å². The largest absolute Gasteiger partial charge is 0.122 e. The third kappa shape index (κ3) is 1.20. The Kier molecular flexibility index (Phi) is 1.75. The molecule has 1 rings (SSSR count). The van der Waals surface area contributed by atoms with Crippen LogP contribution in [0.1, 0.15) is 12.8 Å². The Balaban J connectivity index is 2.36. The first-order valence-corrected chi connectivity index (χ1v) is 3.02. The minimum absolute atomic E-state index is 0.719. The molecule has 0 saturated carbocycles. The van der Waals surface area contributed by atoms with Crippen molar-refractivity contribution in [3.05, 3.63) is 18.1 Å². The van der Waals surface area contributed by atoms with Gasteiger partial charge in [0.05, 0.1) is 0 Å². The van der Waals surface area contributed by atoms with Gasteiger partial charge in [-0.1, -0.05) is 11.6 Å². The van der Waals surface area contributed by atoms with Crippen LogP contribution in [-0.2, 0) is 0 Å². The number of allylic oxidation sites excluding steroid dienone is 2. The van der Waals surface area contributed by atoms with Crippen LogP contribution in [0.2, 0.25) is 0 Å². The molecule has 0 saturated heterocycles. The van der Waals surface area contributed by atoms with Crippen LogP contribution >= 0.6 is 11.6 Å². The van der Waals surface area contributed by atoms with E-state index in [1.165, 1.54) is 5.57 Å². The first kappa shape index (κ1) is 5.17. The quantitative estimate of drug-likeness (QED) is 0.363. The summed E-state index contributed by atoms with van der Waals surface area (Å²) in [5, 5.41) is 0. The Morgan fingerprint density at radius 3 is 2.86 bits per heavy atom. The van der Waals surface area contributed by atoms with Crippen molar-refractivity contribution in [2.75, 3.05) is 5.88 Å². The van der Waals surface area contributed by atoms with E-state index in [-0.39, 0.29) is 0 Å². The van der Waals surface area contributed by atoms with Crippen molar-refractivity contribution in [2.45, 2.75) is 12.8 Å². The SMILES string of the molecule is ClCC1=CC[CH]C1. The number of alkyl halides is 1. The lowest BCUT2D eigenvalue weighted by atomic mass is 10.3. The van der Waals surface area contributed by atoms with Gasteiger partial charge >= 0.3 is 0 Å². The second-order valence-corrected chi connectivity index (χ2v) is 1.99. The molecule has 0 atom stereocenters. The molecule has 0 spiro atoms. The van der Waals surface area contributed by atoms with Crippen LogP contribution in [0.5, 0.6) is 0 Å². The standard InChI is InChI=1S/C6H8Cl/c7-5-6-3-1-2-4-6/h1,4H,2-3,5H2. The van der Waals surface area contributed by atoms with Crippen molar-refractivity contribution in [2.24, 2.45) is 0 Å². The smallest absolute Gasteiger partial charge is 0.0433 e. The number of halogens is 1. The molecule has 1 aliphatic carbocycles. The first-order valence-electron chi connectivity index (χ1n) is 2.49. The van der Waals surface area contributed by atoms with Crippen LogP contribution in [0.15, 0.2) is 11.6 Å². The molecule has 0 fully saturated rings. The zero-order valence-electron chi connectivity index (χ0n) is 4.15. The fraction of sp³-hybridized carbons (Fsp3) is 0.500. The van der Waals surface area contributed by atoms with E-state index in [1.54, 1.807) is 0 Å². The lowest BCUT2D eigenvalue weighted by molar-refractivity contribution is 1.15. The maximum absolute atomic E-state index is 5.52.